The van der Waals surface area contributed by atoms with Crippen LogP contribution in [0, 0.1) is 0 Å². The predicted octanol–water partition coefficient (Wildman–Crippen LogP) is 1.48. The third-order valence-corrected chi connectivity index (χ3v) is 2.38. The topological polar surface area (TPSA) is 58.6 Å². The Labute approximate surface area is 102 Å². The Morgan fingerprint density at radius 3 is 2.65 bits per heavy atom. The Kier molecular flexibility index (Phi) is 5.49. The number of benzene rings is 1. The molecule has 0 aliphatic rings. The van der Waals surface area contributed by atoms with Crippen LogP contribution in [0.5, 0.6) is 5.75 Å². The van der Waals surface area contributed by atoms with Gasteiger partial charge in [-0.15, -0.1) is 0 Å². The number of carbonyl (C=O) groups excluding carboxylic acids is 1. The van der Waals surface area contributed by atoms with Crippen molar-refractivity contribution in [1.82, 2.24) is 5.32 Å². The van der Waals surface area contributed by atoms with Crippen LogP contribution in [0.4, 0.5) is 0 Å². The number of carbonyl (C=O) groups is 1. The van der Waals surface area contributed by atoms with Crippen LogP contribution in [-0.4, -0.2) is 30.3 Å². The second-order valence-corrected chi connectivity index (χ2v) is 3.96. The Bertz CT molecular complexity index is 348. The van der Waals surface area contributed by atoms with E-state index < -0.39 is 0 Å². The molecule has 4 nitrogen and oxygen atoms in total. The maximum Gasteiger partial charge on any atom is 0.319 e. The van der Waals surface area contributed by atoms with Gasteiger partial charge in [0.05, 0.1) is 13.2 Å². The molecule has 0 aliphatic heterocycles. The third kappa shape index (κ3) is 5.36. The maximum atomic E-state index is 11.1. The van der Waals surface area contributed by atoms with Crippen molar-refractivity contribution in [1.29, 1.82) is 0 Å². The molecular weight excluding hydrogens is 218 g/mol. The summed E-state index contributed by atoms with van der Waals surface area (Å²) in [6, 6.07) is 7.25. The highest BCUT2D eigenvalue weighted by Gasteiger charge is 2.06. The van der Waals surface area contributed by atoms with Crippen LogP contribution in [0.25, 0.3) is 0 Å². The van der Waals surface area contributed by atoms with Gasteiger partial charge in [0.1, 0.15) is 5.75 Å². The molecule has 0 bridgehead atoms. The number of phenols is 1. The average molecular weight is 237 g/mol. The van der Waals surface area contributed by atoms with E-state index in [-0.39, 0.29) is 24.3 Å². The van der Waals surface area contributed by atoms with Gasteiger partial charge in [-0.05, 0) is 38.0 Å². The van der Waals surface area contributed by atoms with E-state index in [1.165, 1.54) is 0 Å². The quantitative estimate of drug-likeness (QED) is 0.736. The van der Waals surface area contributed by atoms with Gasteiger partial charge in [0.15, 0.2) is 0 Å². The highest BCUT2D eigenvalue weighted by atomic mass is 16.5. The molecule has 1 unspecified atom stereocenters. The summed E-state index contributed by atoms with van der Waals surface area (Å²) in [5.41, 5.74) is 1.12. The molecule has 1 atom stereocenters. The third-order valence-electron chi connectivity index (χ3n) is 2.38. The van der Waals surface area contributed by atoms with Crippen molar-refractivity contribution in [3.8, 4) is 5.75 Å². The van der Waals surface area contributed by atoms with Crippen molar-refractivity contribution in [3.05, 3.63) is 29.8 Å². The molecule has 1 rings (SSSR count). The minimum absolute atomic E-state index is 0.184. The second-order valence-electron chi connectivity index (χ2n) is 3.96. The van der Waals surface area contributed by atoms with Crippen LogP contribution in [0.1, 0.15) is 19.4 Å². The summed E-state index contributed by atoms with van der Waals surface area (Å²) in [7, 11) is 0. The van der Waals surface area contributed by atoms with Crippen molar-refractivity contribution in [2.75, 3.05) is 13.2 Å². The molecule has 17 heavy (non-hydrogen) atoms. The highest BCUT2D eigenvalue weighted by Crippen LogP contribution is 2.11. The molecule has 4 heteroatoms. The van der Waals surface area contributed by atoms with E-state index in [0.717, 1.165) is 12.0 Å². The standard InChI is InChI=1S/C13H19NO3/c1-3-17-13(16)9-14-10(2)8-11-4-6-12(15)7-5-11/h4-7,10,14-15H,3,8-9H2,1-2H3. The monoisotopic (exact) mass is 237 g/mol. The summed E-state index contributed by atoms with van der Waals surface area (Å²) >= 11 is 0. The van der Waals surface area contributed by atoms with Crippen LogP contribution in [-0.2, 0) is 16.0 Å². The molecule has 0 heterocycles. The van der Waals surface area contributed by atoms with Gasteiger partial charge in [-0.1, -0.05) is 12.1 Å². The minimum atomic E-state index is -0.231. The summed E-state index contributed by atoms with van der Waals surface area (Å²) < 4.78 is 4.82. The molecule has 0 aromatic heterocycles. The normalized spacial score (nSPS) is 12.1. The van der Waals surface area contributed by atoms with Crippen molar-refractivity contribution in [2.24, 2.45) is 0 Å². The van der Waals surface area contributed by atoms with Crippen LogP contribution in [0.3, 0.4) is 0 Å². The largest absolute Gasteiger partial charge is 0.508 e. The minimum Gasteiger partial charge on any atom is -0.508 e. The smallest absolute Gasteiger partial charge is 0.319 e. The van der Waals surface area contributed by atoms with Crippen LogP contribution >= 0.6 is 0 Å². The fraction of sp³-hybridized carbons (Fsp3) is 0.462. The number of nitrogens with one attached hydrogen (secondary N) is 1. The van der Waals surface area contributed by atoms with E-state index in [1.807, 2.05) is 19.1 Å². The SMILES string of the molecule is CCOC(=O)CNC(C)Cc1ccc(O)cc1. The van der Waals surface area contributed by atoms with E-state index in [9.17, 15) is 4.79 Å². The van der Waals surface area contributed by atoms with E-state index in [4.69, 9.17) is 9.84 Å². The lowest BCUT2D eigenvalue weighted by molar-refractivity contribution is -0.142. The Balaban J connectivity index is 2.31. The molecule has 0 amide bonds. The molecule has 0 radical (unpaired) electrons. The fourth-order valence-corrected chi connectivity index (χ4v) is 1.53. The average Bonchev–Trinajstić information content (AvgIpc) is 2.30. The zero-order chi connectivity index (χ0) is 12.7. The van der Waals surface area contributed by atoms with Crippen LogP contribution in [0.2, 0.25) is 0 Å². The summed E-state index contributed by atoms with van der Waals surface area (Å²) in [6.45, 7) is 4.43. The van der Waals surface area contributed by atoms with E-state index in [1.54, 1.807) is 19.1 Å². The number of hydrogen-bond acceptors (Lipinski definition) is 4. The van der Waals surface area contributed by atoms with E-state index >= 15 is 0 Å². The first-order valence-electron chi connectivity index (χ1n) is 5.78. The van der Waals surface area contributed by atoms with E-state index in [2.05, 4.69) is 5.32 Å². The fourth-order valence-electron chi connectivity index (χ4n) is 1.53. The molecular formula is C13H19NO3. The lowest BCUT2D eigenvalue weighted by Crippen LogP contribution is -2.33. The molecule has 1 aromatic rings. The molecule has 94 valence electrons. The van der Waals surface area contributed by atoms with Gasteiger partial charge in [-0.2, -0.15) is 0 Å². The summed E-state index contributed by atoms with van der Waals surface area (Å²) in [6.07, 6.45) is 0.805. The number of aromatic hydroxyl groups is 1. The summed E-state index contributed by atoms with van der Waals surface area (Å²) in [5, 5.41) is 12.2. The van der Waals surface area contributed by atoms with Gasteiger partial charge < -0.3 is 15.2 Å². The Morgan fingerprint density at radius 1 is 1.41 bits per heavy atom. The van der Waals surface area contributed by atoms with Gasteiger partial charge in [0.25, 0.3) is 0 Å². The van der Waals surface area contributed by atoms with Gasteiger partial charge >= 0.3 is 5.97 Å². The van der Waals surface area contributed by atoms with Crippen molar-refractivity contribution >= 4 is 5.97 Å². The first-order valence-corrected chi connectivity index (χ1v) is 5.78. The van der Waals surface area contributed by atoms with Crippen LogP contribution < -0.4 is 5.32 Å². The Morgan fingerprint density at radius 2 is 2.06 bits per heavy atom. The first-order chi connectivity index (χ1) is 8.11. The van der Waals surface area contributed by atoms with Crippen molar-refractivity contribution in [3.63, 3.8) is 0 Å². The number of rotatable bonds is 6. The van der Waals surface area contributed by atoms with Gasteiger partial charge in [-0.25, -0.2) is 0 Å². The summed E-state index contributed by atoms with van der Waals surface area (Å²) in [4.78, 5) is 11.1. The summed E-state index contributed by atoms with van der Waals surface area (Å²) in [5.74, 6) is 0.0333. The highest BCUT2D eigenvalue weighted by molar-refractivity contribution is 5.71. The predicted molar refractivity (Wildman–Crippen MR) is 65.9 cm³/mol. The zero-order valence-electron chi connectivity index (χ0n) is 10.3. The van der Waals surface area contributed by atoms with Gasteiger partial charge in [0, 0.05) is 6.04 Å². The van der Waals surface area contributed by atoms with Crippen molar-refractivity contribution in [2.45, 2.75) is 26.3 Å². The first kappa shape index (κ1) is 13.5. The maximum absolute atomic E-state index is 11.1. The Hall–Kier alpha value is -1.55. The van der Waals surface area contributed by atoms with Crippen molar-refractivity contribution < 1.29 is 14.6 Å². The molecule has 0 spiro atoms. The molecule has 2 N–H and O–H groups in total. The molecule has 0 saturated heterocycles. The molecule has 0 aliphatic carbocycles. The number of ether oxygens (including phenoxy) is 1. The number of hydrogen-bond donors (Lipinski definition) is 2. The molecule has 0 fully saturated rings. The van der Waals surface area contributed by atoms with Gasteiger partial charge in [0.2, 0.25) is 0 Å². The van der Waals surface area contributed by atoms with Gasteiger partial charge in [-0.3, -0.25) is 4.79 Å². The second kappa shape index (κ2) is 6.91. The zero-order valence-corrected chi connectivity index (χ0v) is 10.3. The van der Waals surface area contributed by atoms with Crippen LogP contribution in [0.15, 0.2) is 24.3 Å². The van der Waals surface area contributed by atoms with E-state index in [0.29, 0.717) is 6.61 Å². The molecule has 1 aromatic carbocycles. The number of esters is 1. The molecule has 0 saturated carbocycles. The number of phenolic OH excluding ortho intramolecular Hbond substituents is 1. The lowest BCUT2D eigenvalue weighted by Gasteiger charge is -2.13. The lowest BCUT2D eigenvalue weighted by atomic mass is 10.1.